The number of rotatable bonds is 1. The van der Waals surface area contributed by atoms with E-state index in [9.17, 15) is 0 Å². The minimum absolute atomic E-state index is 0.593. The lowest BCUT2D eigenvalue weighted by Crippen LogP contribution is -2.08. The summed E-state index contributed by atoms with van der Waals surface area (Å²) in [7, 11) is 0. The molecule has 70 valence electrons. The van der Waals surface area contributed by atoms with Crippen LogP contribution in [-0.4, -0.2) is 6.61 Å². The first-order chi connectivity index (χ1) is 6.27. The van der Waals surface area contributed by atoms with Gasteiger partial charge in [0.2, 0.25) is 0 Å². The molecule has 0 bridgehead atoms. The normalized spacial score (nSPS) is 15.3. The molecular formula is C12H16O. The van der Waals surface area contributed by atoms with E-state index >= 15 is 0 Å². The third-order valence-electron chi connectivity index (χ3n) is 2.61. The van der Waals surface area contributed by atoms with E-state index in [0.717, 1.165) is 18.8 Å². The zero-order valence-corrected chi connectivity index (χ0v) is 8.34. The fourth-order valence-corrected chi connectivity index (χ4v) is 1.72. The molecule has 0 aliphatic carbocycles. The van der Waals surface area contributed by atoms with E-state index in [1.54, 1.807) is 0 Å². The summed E-state index contributed by atoms with van der Waals surface area (Å²) < 4.78 is 5.61. The number of aryl methyl sites for hydroxylation is 1. The van der Waals surface area contributed by atoms with Crippen LogP contribution in [-0.2, 0) is 6.42 Å². The van der Waals surface area contributed by atoms with Gasteiger partial charge in [0.05, 0.1) is 6.61 Å². The lowest BCUT2D eigenvalue weighted by Gasteiger charge is -2.18. The number of hydrogen-bond donors (Lipinski definition) is 0. The average Bonchev–Trinajstić information content (AvgIpc) is 2.17. The molecule has 2 rings (SSSR count). The molecule has 0 spiro atoms. The molecule has 1 aromatic rings. The number of hydrogen-bond acceptors (Lipinski definition) is 1. The maximum absolute atomic E-state index is 5.61. The summed E-state index contributed by atoms with van der Waals surface area (Å²) in [5.41, 5.74) is 2.75. The average molecular weight is 176 g/mol. The van der Waals surface area contributed by atoms with E-state index in [4.69, 9.17) is 4.74 Å². The maximum atomic E-state index is 5.61. The number of benzene rings is 1. The van der Waals surface area contributed by atoms with E-state index in [1.807, 2.05) is 0 Å². The molecule has 1 heteroatoms. The van der Waals surface area contributed by atoms with Crippen molar-refractivity contribution in [3.05, 3.63) is 29.3 Å². The molecule has 0 atom stereocenters. The highest BCUT2D eigenvalue weighted by atomic mass is 16.5. The van der Waals surface area contributed by atoms with Crippen molar-refractivity contribution in [3.63, 3.8) is 0 Å². The van der Waals surface area contributed by atoms with Gasteiger partial charge in [-0.05, 0) is 36.0 Å². The highest BCUT2D eigenvalue weighted by molar-refractivity contribution is 5.39. The first kappa shape index (κ1) is 8.61. The molecule has 0 fully saturated rings. The van der Waals surface area contributed by atoms with Crippen molar-refractivity contribution >= 4 is 0 Å². The largest absolute Gasteiger partial charge is 0.493 e. The molecule has 0 radical (unpaired) electrons. The maximum Gasteiger partial charge on any atom is 0.122 e. The third-order valence-corrected chi connectivity index (χ3v) is 2.61. The Hall–Kier alpha value is -0.980. The molecule has 0 saturated carbocycles. The van der Waals surface area contributed by atoms with Crippen LogP contribution in [0.15, 0.2) is 18.2 Å². The Labute approximate surface area is 79.7 Å². The smallest absolute Gasteiger partial charge is 0.122 e. The summed E-state index contributed by atoms with van der Waals surface area (Å²) in [6, 6.07) is 6.63. The second-order valence-corrected chi connectivity index (χ2v) is 3.97. The van der Waals surface area contributed by atoms with E-state index in [-0.39, 0.29) is 0 Å². The summed E-state index contributed by atoms with van der Waals surface area (Å²) in [4.78, 5) is 0. The van der Waals surface area contributed by atoms with E-state index in [1.165, 1.54) is 17.5 Å². The Morgan fingerprint density at radius 3 is 2.92 bits per heavy atom. The second kappa shape index (κ2) is 3.41. The molecule has 1 aliphatic rings. The van der Waals surface area contributed by atoms with Gasteiger partial charge in [-0.15, -0.1) is 0 Å². The van der Waals surface area contributed by atoms with Crippen LogP contribution in [0, 0.1) is 0 Å². The molecule has 0 aromatic heterocycles. The van der Waals surface area contributed by atoms with Gasteiger partial charge in [-0.25, -0.2) is 0 Å². The van der Waals surface area contributed by atoms with Crippen LogP contribution in [0.25, 0.3) is 0 Å². The Bertz CT molecular complexity index is 302. The molecule has 1 nitrogen and oxygen atoms in total. The first-order valence-electron chi connectivity index (χ1n) is 5.03. The SMILES string of the molecule is CC(C)c1ccc2c(c1)OCCC2. The molecule has 1 heterocycles. The summed E-state index contributed by atoms with van der Waals surface area (Å²) in [6.45, 7) is 5.31. The van der Waals surface area contributed by atoms with Crippen LogP contribution < -0.4 is 4.74 Å². The number of fused-ring (bicyclic) bond motifs is 1. The highest BCUT2D eigenvalue weighted by Crippen LogP contribution is 2.28. The van der Waals surface area contributed by atoms with Gasteiger partial charge in [-0.2, -0.15) is 0 Å². The Morgan fingerprint density at radius 1 is 1.31 bits per heavy atom. The van der Waals surface area contributed by atoms with Gasteiger partial charge in [0.25, 0.3) is 0 Å². The minimum atomic E-state index is 0.593. The Balaban J connectivity index is 2.35. The van der Waals surface area contributed by atoms with Crippen LogP contribution in [0.4, 0.5) is 0 Å². The summed E-state index contributed by atoms with van der Waals surface area (Å²) in [6.07, 6.45) is 2.34. The van der Waals surface area contributed by atoms with E-state index in [0.29, 0.717) is 5.92 Å². The monoisotopic (exact) mass is 176 g/mol. The first-order valence-corrected chi connectivity index (χ1v) is 5.03. The molecule has 1 aromatic carbocycles. The van der Waals surface area contributed by atoms with Crippen LogP contribution in [0.3, 0.4) is 0 Å². The van der Waals surface area contributed by atoms with E-state index < -0.39 is 0 Å². The van der Waals surface area contributed by atoms with Crippen LogP contribution >= 0.6 is 0 Å². The van der Waals surface area contributed by atoms with Gasteiger partial charge < -0.3 is 4.74 Å². The Kier molecular flexibility index (Phi) is 2.26. The van der Waals surface area contributed by atoms with Crippen molar-refractivity contribution in [1.29, 1.82) is 0 Å². The minimum Gasteiger partial charge on any atom is -0.493 e. The zero-order chi connectivity index (χ0) is 9.26. The topological polar surface area (TPSA) is 9.23 Å². The molecule has 0 unspecified atom stereocenters. The number of ether oxygens (including phenoxy) is 1. The quantitative estimate of drug-likeness (QED) is 0.638. The fraction of sp³-hybridized carbons (Fsp3) is 0.500. The van der Waals surface area contributed by atoms with Crippen molar-refractivity contribution < 1.29 is 4.74 Å². The van der Waals surface area contributed by atoms with Crippen LogP contribution in [0.5, 0.6) is 5.75 Å². The molecular weight excluding hydrogens is 160 g/mol. The third kappa shape index (κ3) is 1.69. The van der Waals surface area contributed by atoms with Gasteiger partial charge >= 0.3 is 0 Å². The van der Waals surface area contributed by atoms with E-state index in [2.05, 4.69) is 32.0 Å². The predicted octanol–water partition coefficient (Wildman–Crippen LogP) is 3.14. The summed E-state index contributed by atoms with van der Waals surface area (Å²) in [5, 5.41) is 0. The lowest BCUT2D eigenvalue weighted by atomic mass is 9.98. The molecule has 0 amide bonds. The fourth-order valence-electron chi connectivity index (χ4n) is 1.72. The predicted molar refractivity (Wildman–Crippen MR) is 54.3 cm³/mol. The van der Waals surface area contributed by atoms with Gasteiger partial charge in [0.15, 0.2) is 0 Å². The standard InChI is InChI=1S/C12H16O/c1-9(2)11-6-5-10-4-3-7-13-12(10)8-11/h5-6,8-9H,3-4,7H2,1-2H3. The van der Waals surface area contributed by atoms with Crippen molar-refractivity contribution in [2.75, 3.05) is 6.61 Å². The highest BCUT2D eigenvalue weighted by Gasteiger charge is 2.11. The van der Waals surface area contributed by atoms with Crippen molar-refractivity contribution in [3.8, 4) is 5.75 Å². The van der Waals surface area contributed by atoms with Gasteiger partial charge in [0.1, 0.15) is 5.75 Å². The summed E-state index contributed by atoms with van der Waals surface area (Å²) >= 11 is 0. The lowest BCUT2D eigenvalue weighted by molar-refractivity contribution is 0.288. The van der Waals surface area contributed by atoms with Gasteiger partial charge in [-0.1, -0.05) is 26.0 Å². The van der Waals surface area contributed by atoms with Crippen molar-refractivity contribution in [2.45, 2.75) is 32.6 Å². The van der Waals surface area contributed by atoms with Crippen molar-refractivity contribution in [1.82, 2.24) is 0 Å². The molecule has 1 aliphatic heterocycles. The van der Waals surface area contributed by atoms with Gasteiger partial charge in [-0.3, -0.25) is 0 Å². The van der Waals surface area contributed by atoms with Crippen molar-refractivity contribution in [2.24, 2.45) is 0 Å². The molecule has 0 N–H and O–H groups in total. The second-order valence-electron chi connectivity index (χ2n) is 3.97. The summed E-state index contributed by atoms with van der Waals surface area (Å²) in [5.74, 6) is 1.70. The van der Waals surface area contributed by atoms with Crippen LogP contribution in [0.1, 0.15) is 37.3 Å². The molecule has 13 heavy (non-hydrogen) atoms. The van der Waals surface area contributed by atoms with Gasteiger partial charge in [0, 0.05) is 0 Å². The zero-order valence-electron chi connectivity index (χ0n) is 8.34. The molecule has 0 saturated heterocycles. The Morgan fingerprint density at radius 2 is 2.15 bits per heavy atom. The van der Waals surface area contributed by atoms with Crippen LogP contribution in [0.2, 0.25) is 0 Å².